The van der Waals surface area contributed by atoms with E-state index >= 15 is 0 Å². The Morgan fingerprint density at radius 2 is 2.19 bits per heavy atom. The Morgan fingerprint density at radius 1 is 1.38 bits per heavy atom. The number of rotatable bonds is 3. The topological polar surface area (TPSA) is 37.3 Å². The number of hydrogen-bond donors (Lipinski definition) is 1. The van der Waals surface area contributed by atoms with E-state index in [1.54, 1.807) is 17.4 Å². The number of aliphatic carboxylic acids is 1. The number of carbonyl (C=O) groups is 1. The van der Waals surface area contributed by atoms with Crippen LogP contribution in [0.5, 0.6) is 0 Å². The van der Waals surface area contributed by atoms with Gasteiger partial charge in [0.2, 0.25) is 0 Å². The summed E-state index contributed by atoms with van der Waals surface area (Å²) in [7, 11) is 0. The number of carboxylic acid groups (broad SMARTS) is 1. The van der Waals surface area contributed by atoms with Gasteiger partial charge < -0.3 is 5.11 Å². The molecule has 2 nitrogen and oxygen atoms in total. The summed E-state index contributed by atoms with van der Waals surface area (Å²) in [4.78, 5) is 14.1. The molecule has 16 heavy (non-hydrogen) atoms. The molecule has 1 N–H and O–H groups in total. The predicted molar refractivity (Wildman–Crippen MR) is 68.9 cm³/mol. The Labute approximate surface area is 101 Å². The van der Waals surface area contributed by atoms with Crippen LogP contribution in [0.2, 0.25) is 0 Å². The van der Waals surface area contributed by atoms with Gasteiger partial charge >= 0.3 is 5.97 Å². The lowest BCUT2D eigenvalue weighted by molar-refractivity contribution is -0.130. The molecule has 0 aliphatic carbocycles. The van der Waals surface area contributed by atoms with E-state index in [2.05, 4.69) is 0 Å². The first kappa shape index (κ1) is 11.1. The van der Waals surface area contributed by atoms with E-state index in [0.717, 1.165) is 9.75 Å². The summed E-state index contributed by atoms with van der Waals surface area (Å²) >= 11 is 3.04. The molecule has 0 unspecified atom stereocenters. The largest absolute Gasteiger partial charge is 0.478 e. The zero-order valence-electron chi connectivity index (χ0n) is 8.64. The molecule has 82 valence electrons. The lowest BCUT2D eigenvalue weighted by Crippen LogP contribution is -1.97. The van der Waals surface area contributed by atoms with Crippen LogP contribution in [0.4, 0.5) is 0 Å². The van der Waals surface area contributed by atoms with Crippen LogP contribution in [-0.4, -0.2) is 11.1 Å². The molecule has 0 atom stereocenters. The molecule has 0 saturated carbocycles. The summed E-state index contributed by atoms with van der Waals surface area (Å²) < 4.78 is 0. The predicted octanol–water partition coefficient (Wildman–Crippen LogP) is 3.74. The van der Waals surface area contributed by atoms with Gasteiger partial charge in [0.25, 0.3) is 0 Å². The molecule has 0 spiro atoms. The monoisotopic (exact) mass is 250 g/mol. The van der Waals surface area contributed by atoms with Crippen LogP contribution in [0.25, 0.3) is 11.6 Å². The van der Waals surface area contributed by atoms with Crippen molar-refractivity contribution in [3.63, 3.8) is 0 Å². The van der Waals surface area contributed by atoms with Crippen molar-refractivity contribution in [1.82, 2.24) is 0 Å². The molecule has 2 aromatic rings. The molecule has 0 amide bonds. The Balaban J connectivity index is 2.41. The first-order valence-electron chi connectivity index (χ1n) is 4.72. The molecule has 0 aliphatic rings. The highest BCUT2D eigenvalue weighted by molar-refractivity contribution is 7.13. The van der Waals surface area contributed by atoms with Gasteiger partial charge in [0.05, 0.1) is 5.57 Å². The number of carboxylic acids is 1. The second kappa shape index (κ2) is 4.63. The fourth-order valence-corrected chi connectivity index (χ4v) is 2.90. The molecule has 2 rings (SSSR count). The summed E-state index contributed by atoms with van der Waals surface area (Å²) in [6, 6.07) is 7.61. The maximum Gasteiger partial charge on any atom is 0.337 e. The van der Waals surface area contributed by atoms with Crippen LogP contribution < -0.4 is 0 Å². The quantitative estimate of drug-likeness (QED) is 0.842. The van der Waals surface area contributed by atoms with Gasteiger partial charge in [-0.2, -0.15) is 0 Å². The van der Waals surface area contributed by atoms with Crippen molar-refractivity contribution in [1.29, 1.82) is 0 Å². The van der Waals surface area contributed by atoms with Crippen LogP contribution in [0, 0.1) is 6.92 Å². The number of thiophene rings is 2. The molecule has 0 saturated heterocycles. The van der Waals surface area contributed by atoms with Crippen LogP contribution in [0.1, 0.15) is 14.6 Å². The highest BCUT2D eigenvalue weighted by atomic mass is 32.1. The lowest BCUT2D eigenvalue weighted by Gasteiger charge is -1.97. The summed E-state index contributed by atoms with van der Waals surface area (Å²) in [5.74, 6) is -0.881. The van der Waals surface area contributed by atoms with E-state index in [1.165, 1.54) is 16.2 Å². The highest BCUT2D eigenvalue weighted by Crippen LogP contribution is 2.25. The Morgan fingerprint density at radius 3 is 2.69 bits per heavy atom. The number of aryl methyl sites for hydroxylation is 1. The van der Waals surface area contributed by atoms with Crippen molar-refractivity contribution in [3.8, 4) is 0 Å². The minimum atomic E-state index is -0.881. The minimum Gasteiger partial charge on any atom is -0.478 e. The Bertz CT molecular complexity index is 521. The third kappa shape index (κ3) is 2.40. The van der Waals surface area contributed by atoms with Crippen molar-refractivity contribution < 1.29 is 9.90 Å². The fraction of sp³-hybridized carbons (Fsp3) is 0.0833. The minimum absolute atomic E-state index is 0.358. The summed E-state index contributed by atoms with van der Waals surface area (Å²) in [5, 5.41) is 11.0. The van der Waals surface area contributed by atoms with Crippen molar-refractivity contribution in [2.45, 2.75) is 6.92 Å². The van der Waals surface area contributed by atoms with Crippen LogP contribution in [0.3, 0.4) is 0 Å². The van der Waals surface area contributed by atoms with Crippen LogP contribution in [0.15, 0.2) is 29.6 Å². The molecule has 2 aromatic heterocycles. The lowest BCUT2D eigenvalue weighted by atomic mass is 10.2. The molecular weight excluding hydrogens is 240 g/mol. The third-order valence-electron chi connectivity index (χ3n) is 2.06. The Hall–Kier alpha value is -1.39. The van der Waals surface area contributed by atoms with Gasteiger partial charge in [-0.05, 0) is 36.6 Å². The second-order valence-corrected chi connectivity index (χ2v) is 5.56. The summed E-state index contributed by atoms with van der Waals surface area (Å²) in [6.07, 6.45) is 1.73. The second-order valence-electron chi connectivity index (χ2n) is 3.29. The van der Waals surface area contributed by atoms with E-state index in [9.17, 15) is 4.79 Å². The third-order valence-corrected chi connectivity index (χ3v) is 3.92. The fourth-order valence-electron chi connectivity index (χ4n) is 1.34. The molecule has 0 radical (unpaired) electrons. The van der Waals surface area contributed by atoms with E-state index in [-0.39, 0.29) is 0 Å². The maximum absolute atomic E-state index is 11.2. The average molecular weight is 250 g/mol. The zero-order chi connectivity index (χ0) is 11.5. The van der Waals surface area contributed by atoms with E-state index in [0.29, 0.717) is 5.57 Å². The van der Waals surface area contributed by atoms with E-state index in [1.807, 2.05) is 36.6 Å². The van der Waals surface area contributed by atoms with Gasteiger partial charge in [-0.25, -0.2) is 4.79 Å². The van der Waals surface area contributed by atoms with Crippen molar-refractivity contribution >= 4 is 40.3 Å². The zero-order valence-corrected chi connectivity index (χ0v) is 10.3. The van der Waals surface area contributed by atoms with Gasteiger partial charge in [-0.1, -0.05) is 6.07 Å². The van der Waals surface area contributed by atoms with Gasteiger partial charge in [-0.15, -0.1) is 22.7 Å². The average Bonchev–Trinajstić information content (AvgIpc) is 2.84. The maximum atomic E-state index is 11.2. The van der Waals surface area contributed by atoms with Gasteiger partial charge in [0.1, 0.15) is 0 Å². The Kier molecular flexibility index (Phi) is 3.22. The normalized spacial score (nSPS) is 11.7. The molecule has 0 aromatic carbocycles. The van der Waals surface area contributed by atoms with Crippen molar-refractivity contribution in [2.75, 3.05) is 0 Å². The molecule has 0 bridgehead atoms. The SMILES string of the molecule is Cc1ccc(/C=C(\C(=O)O)c2cccs2)s1. The first-order valence-corrected chi connectivity index (χ1v) is 6.42. The van der Waals surface area contributed by atoms with Gasteiger partial charge in [0.15, 0.2) is 0 Å². The first-order chi connectivity index (χ1) is 7.66. The standard InChI is InChI=1S/C12H10O2S2/c1-8-4-5-9(16-8)7-10(12(13)14)11-3-2-6-15-11/h2-7H,1H3,(H,13,14)/b10-7-. The molecule has 2 heterocycles. The van der Waals surface area contributed by atoms with Crippen LogP contribution in [-0.2, 0) is 4.79 Å². The van der Waals surface area contributed by atoms with Gasteiger partial charge in [0, 0.05) is 14.6 Å². The summed E-state index contributed by atoms with van der Waals surface area (Å²) in [6.45, 7) is 2.01. The smallest absolute Gasteiger partial charge is 0.337 e. The van der Waals surface area contributed by atoms with Crippen molar-refractivity contribution in [3.05, 3.63) is 44.3 Å². The summed E-state index contributed by atoms with van der Waals surface area (Å²) in [5.41, 5.74) is 0.358. The van der Waals surface area contributed by atoms with Gasteiger partial charge in [-0.3, -0.25) is 0 Å². The number of hydrogen-bond acceptors (Lipinski definition) is 3. The van der Waals surface area contributed by atoms with Crippen LogP contribution >= 0.6 is 22.7 Å². The molecule has 0 aliphatic heterocycles. The van der Waals surface area contributed by atoms with E-state index in [4.69, 9.17) is 5.11 Å². The highest BCUT2D eigenvalue weighted by Gasteiger charge is 2.11. The van der Waals surface area contributed by atoms with E-state index < -0.39 is 5.97 Å². The molecule has 0 fully saturated rings. The van der Waals surface area contributed by atoms with Crippen molar-refractivity contribution in [2.24, 2.45) is 0 Å². The molecular formula is C12H10O2S2. The molecule has 4 heteroatoms.